The topological polar surface area (TPSA) is 37.3 Å². The van der Waals surface area contributed by atoms with E-state index >= 15 is 0 Å². The van der Waals surface area contributed by atoms with Crippen molar-refractivity contribution in [1.82, 2.24) is 0 Å². The van der Waals surface area contributed by atoms with Gasteiger partial charge in [-0.15, -0.1) is 0 Å². The molecule has 1 aromatic rings. The number of carboxylic acid groups (broad SMARTS) is 1. The predicted molar refractivity (Wildman–Crippen MR) is 49.9 cm³/mol. The lowest BCUT2D eigenvalue weighted by molar-refractivity contribution is -0.138. The highest BCUT2D eigenvalue weighted by Gasteiger charge is 2.45. The van der Waals surface area contributed by atoms with Crippen LogP contribution in [-0.4, -0.2) is 11.1 Å². The predicted octanol–water partition coefficient (Wildman–Crippen LogP) is 2.67. The SMILES string of the molecule is O=C(O)C1CC1c1ccc(Cl)cc1F. The highest BCUT2D eigenvalue weighted by Crippen LogP contribution is 2.48. The first-order valence-electron chi connectivity index (χ1n) is 4.27. The Balaban J connectivity index is 2.23. The van der Waals surface area contributed by atoms with Crippen LogP contribution in [0.25, 0.3) is 0 Å². The second kappa shape index (κ2) is 3.24. The number of carbonyl (C=O) groups is 1. The Hall–Kier alpha value is -1.09. The Morgan fingerprint density at radius 1 is 1.57 bits per heavy atom. The fourth-order valence-electron chi connectivity index (χ4n) is 1.61. The third kappa shape index (κ3) is 1.60. The van der Waals surface area contributed by atoms with Crippen molar-refractivity contribution in [2.75, 3.05) is 0 Å². The molecule has 0 bridgehead atoms. The molecule has 2 unspecified atom stereocenters. The third-order valence-electron chi connectivity index (χ3n) is 2.47. The number of halogens is 2. The van der Waals surface area contributed by atoms with Gasteiger partial charge in [0, 0.05) is 10.9 Å². The van der Waals surface area contributed by atoms with Gasteiger partial charge in [-0.1, -0.05) is 17.7 Å². The molecule has 1 aromatic carbocycles. The van der Waals surface area contributed by atoms with Crippen molar-refractivity contribution in [2.24, 2.45) is 5.92 Å². The summed E-state index contributed by atoms with van der Waals surface area (Å²) in [5.41, 5.74) is 0.460. The van der Waals surface area contributed by atoms with E-state index in [4.69, 9.17) is 16.7 Å². The quantitative estimate of drug-likeness (QED) is 0.822. The van der Waals surface area contributed by atoms with Gasteiger partial charge in [-0.05, 0) is 24.1 Å². The lowest BCUT2D eigenvalue weighted by atomic mass is 10.1. The molecule has 1 saturated carbocycles. The molecular weight excluding hydrogens is 207 g/mol. The summed E-state index contributed by atoms with van der Waals surface area (Å²) in [6.45, 7) is 0. The van der Waals surface area contributed by atoms with E-state index in [-0.39, 0.29) is 5.92 Å². The molecular formula is C10H8ClFO2. The smallest absolute Gasteiger partial charge is 0.307 e. The summed E-state index contributed by atoms with van der Waals surface area (Å²) in [6, 6.07) is 4.36. The standard InChI is InChI=1S/C10H8ClFO2/c11-5-1-2-6(9(12)3-5)7-4-8(7)10(13)14/h1-3,7-8H,4H2,(H,13,14). The fraction of sp³-hybridized carbons (Fsp3) is 0.300. The van der Waals surface area contributed by atoms with E-state index in [9.17, 15) is 9.18 Å². The molecule has 2 nitrogen and oxygen atoms in total. The van der Waals surface area contributed by atoms with Gasteiger partial charge >= 0.3 is 5.97 Å². The van der Waals surface area contributed by atoms with Gasteiger partial charge in [0.05, 0.1) is 5.92 Å². The van der Waals surface area contributed by atoms with Crippen LogP contribution < -0.4 is 0 Å². The van der Waals surface area contributed by atoms with Crippen LogP contribution >= 0.6 is 11.6 Å². The van der Waals surface area contributed by atoms with Gasteiger partial charge in [-0.25, -0.2) is 4.39 Å². The molecule has 1 fully saturated rings. The summed E-state index contributed by atoms with van der Waals surface area (Å²) in [5.74, 6) is -1.87. The highest BCUT2D eigenvalue weighted by molar-refractivity contribution is 6.30. The average Bonchev–Trinajstić information content (AvgIpc) is 2.83. The van der Waals surface area contributed by atoms with Crippen molar-refractivity contribution < 1.29 is 14.3 Å². The fourth-order valence-corrected chi connectivity index (χ4v) is 1.77. The molecule has 14 heavy (non-hydrogen) atoms. The van der Waals surface area contributed by atoms with Crippen molar-refractivity contribution in [1.29, 1.82) is 0 Å². The summed E-state index contributed by atoms with van der Waals surface area (Å²) in [6.07, 6.45) is 0.522. The highest BCUT2D eigenvalue weighted by atomic mass is 35.5. The molecule has 1 N–H and O–H groups in total. The molecule has 1 aliphatic rings. The molecule has 0 heterocycles. The molecule has 0 radical (unpaired) electrons. The molecule has 4 heteroatoms. The summed E-state index contributed by atoms with van der Waals surface area (Å²) < 4.78 is 13.3. The van der Waals surface area contributed by atoms with Gasteiger partial charge < -0.3 is 5.11 Å². The van der Waals surface area contributed by atoms with Crippen LogP contribution in [0.3, 0.4) is 0 Å². The minimum Gasteiger partial charge on any atom is -0.481 e. The molecule has 1 aliphatic carbocycles. The van der Waals surface area contributed by atoms with Gasteiger partial charge in [0.1, 0.15) is 5.82 Å². The first-order chi connectivity index (χ1) is 6.59. The summed E-state index contributed by atoms with van der Waals surface area (Å²) in [5, 5.41) is 9.01. The maximum atomic E-state index is 13.3. The minimum atomic E-state index is -0.857. The van der Waals surface area contributed by atoms with E-state index in [1.165, 1.54) is 6.07 Å². The second-order valence-corrected chi connectivity index (χ2v) is 3.89. The molecule has 74 valence electrons. The van der Waals surface area contributed by atoms with Crippen LogP contribution in [0.4, 0.5) is 4.39 Å². The van der Waals surface area contributed by atoms with Gasteiger partial charge in [0.2, 0.25) is 0 Å². The Morgan fingerprint density at radius 2 is 2.29 bits per heavy atom. The monoisotopic (exact) mass is 214 g/mol. The van der Waals surface area contributed by atoms with E-state index in [1.807, 2.05) is 0 Å². The average molecular weight is 215 g/mol. The Morgan fingerprint density at radius 3 is 2.79 bits per heavy atom. The number of hydrogen-bond donors (Lipinski definition) is 1. The molecule has 2 rings (SSSR count). The lowest BCUT2D eigenvalue weighted by Crippen LogP contribution is -1.99. The molecule has 0 saturated heterocycles. The number of hydrogen-bond acceptors (Lipinski definition) is 1. The minimum absolute atomic E-state index is 0.176. The van der Waals surface area contributed by atoms with E-state index in [0.717, 1.165) is 0 Å². The van der Waals surface area contributed by atoms with Crippen molar-refractivity contribution in [3.05, 3.63) is 34.6 Å². The number of benzene rings is 1. The van der Waals surface area contributed by atoms with Crippen molar-refractivity contribution >= 4 is 17.6 Å². The van der Waals surface area contributed by atoms with Crippen LogP contribution in [-0.2, 0) is 4.79 Å². The Bertz CT molecular complexity index is 392. The molecule has 0 aliphatic heterocycles. The summed E-state index contributed by atoms with van der Waals surface area (Å²) in [7, 11) is 0. The van der Waals surface area contributed by atoms with Crippen LogP contribution in [0, 0.1) is 11.7 Å². The largest absolute Gasteiger partial charge is 0.481 e. The zero-order valence-electron chi connectivity index (χ0n) is 7.21. The summed E-state index contributed by atoms with van der Waals surface area (Å²) >= 11 is 5.58. The molecule has 2 atom stereocenters. The first kappa shape index (κ1) is 9.46. The zero-order chi connectivity index (χ0) is 10.3. The van der Waals surface area contributed by atoms with Gasteiger partial charge in [0.25, 0.3) is 0 Å². The Labute approximate surface area is 85.3 Å². The van der Waals surface area contributed by atoms with Crippen molar-refractivity contribution in [3.63, 3.8) is 0 Å². The van der Waals surface area contributed by atoms with Crippen molar-refractivity contribution in [2.45, 2.75) is 12.3 Å². The third-order valence-corrected chi connectivity index (χ3v) is 2.70. The number of aliphatic carboxylic acids is 1. The molecule has 0 spiro atoms. The maximum absolute atomic E-state index is 13.3. The van der Waals surface area contributed by atoms with Crippen LogP contribution in [0.2, 0.25) is 5.02 Å². The van der Waals surface area contributed by atoms with E-state index in [0.29, 0.717) is 17.0 Å². The van der Waals surface area contributed by atoms with E-state index in [2.05, 4.69) is 0 Å². The lowest BCUT2D eigenvalue weighted by Gasteiger charge is -2.00. The number of carboxylic acids is 1. The zero-order valence-corrected chi connectivity index (χ0v) is 7.96. The molecule has 0 amide bonds. The number of rotatable bonds is 2. The maximum Gasteiger partial charge on any atom is 0.307 e. The van der Waals surface area contributed by atoms with E-state index in [1.54, 1.807) is 12.1 Å². The Kier molecular flexibility index (Phi) is 2.19. The van der Waals surface area contributed by atoms with E-state index < -0.39 is 17.7 Å². The molecule has 0 aromatic heterocycles. The van der Waals surface area contributed by atoms with Crippen molar-refractivity contribution in [3.8, 4) is 0 Å². The summed E-state index contributed by atoms with van der Waals surface area (Å²) in [4.78, 5) is 10.6. The van der Waals surface area contributed by atoms with Crippen LogP contribution in [0.5, 0.6) is 0 Å². The van der Waals surface area contributed by atoms with Gasteiger partial charge in [-0.2, -0.15) is 0 Å². The van der Waals surface area contributed by atoms with Gasteiger partial charge in [-0.3, -0.25) is 4.79 Å². The second-order valence-electron chi connectivity index (χ2n) is 3.45. The van der Waals surface area contributed by atoms with Gasteiger partial charge in [0.15, 0.2) is 0 Å². The van der Waals surface area contributed by atoms with Crippen LogP contribution in [0.15, 0.2) is 18.2 Å². The van der Waals surface area contributed by atoms with Crippen LogP contribution in [0.1, 0.15) is 17.9 Å². The normalized spacial score (nSPS) is 24.7. The first-order valence-corrected chi connectivity index (χ1v) is 4.65.